The number of carbonyl (C=O) groups is 1. The molecule has 0 bridgehead atoms. The van der Waals surface area contributed by atoms with E-state index in [4.69, 9.17) is 5.11 Å². The van der Waals surface area contributed by atoms with Crippen molar-refractivity contribution >= 4 is 5.78 Å². The van der Waals surface area contributed by atoms with Gasteiger partial charge in [0.2, 0.25) is 0 Å². The average Bonchev–Trinajstić information content (AvgIpc) is 2.94. The van der Waals surface area contributed by atoms with Crippen LogP contribution in [0.5, 0.6) is 0 Å². The molecular weight excluding hydrogens is 284 g/mol. The van der Waals surface area contributed by atoms with Crippen LogP contribution in [0.4, 0.5) is 0 Å². The Bertz CT molecular complexity index is 609. The van der Waals surface area contributed by atoms with Gasteiger partial charge in [-0.3, -0.25) is 4.79 Å². The molecule has 0 aromatic rings. The Balaban J connectivity index is 1.69. The van der Waals surface area contributed by atoms with E-state index in [0.29, 0.717) is 5.41 Å². The molecule has 4 aliphatic carbocycles. The summed E-state index contributed by atoms with van der Waals surface area (Å²) in [5, 5.41) is 9.01. The molecule has 0 aliphatic heterocycles. The van der Waals surface area contributed by atoms with Gasteiger partial charge < -0.3 is 5.11 Å². The highest BCUT2D eigenvalue weighted by Crippen LogP contribution is 2.60. The number of hydrogen-bond acceptors (Lipinski definition) is 2. The molecule has 0 radical (unpaired) electrons. The maximum atomic E-state index is 12.3. The van der Waals surface area contributed by atoms with Crippen LogP contribution in [0.2, 0.25) is 0 Å². The van der Waals surface area contributed by atoms with Crippen molar-refractivity contribution in [1.82, 2.24) is 0 Å². The lowest BCUT2D eigenvalue weighted by molar-refractivity contribution is -0.117. The summed E-state index contributed by atoms with van der Waals surface area (Å²) in [5.41, 5.74) is 5.12. The summed E-state index contributed by atoms with van der Waals surface area (Å²) in [6.07, 6.45) is 15.6. The Morgan fingerprint density at radius 3 is 3.00 bits per heavy atom. The van der Waals surface area contributed by atoms with Crippen LogP contribution in [0.15, 0.2) is 34.9 Å². The fraction of sp³-hybridized carbons (Fsp3) is 0.667. The lowest BCUT2D eigenvalue weighted by Gasteiger charge is -2.47. The van der Waals surface area contributed by atoms with Gasteiger partial charge in [-0.1, -0.05) is 31.1 Å². The number of ketones is 1. The van der Waals surface area contributed by atoms with Crippen LogP contribution < -0.4 is 0 Å². The minimum atomic E-state index is -0.0518. The van der Waals surface area contributed by atoms with Crippen molar-refractivity contribution in [3.8, 4) is 0 Å². The van der Waals surface area contributed by atoms with E-state index in [-0.39, 0.29) is 18.3 Å². The molecule has 1 unspecified atom stereocenters. The van der Waals surface area contributed by atoms with Gasteiger partial charge in [-0.2, -0.15) is 0 Å². The second-order valence-electron chi connectivity index (χ2n) is 8.30. The summed E-state index contributed by atoms with van der Waals surface area (Å²) in [6, 6.07) is 0. The van der Waals surface area contributed by atoms with E-state index in [1.54, 1.807) is 11.6 Å². The number of fused-ring (bicyclic) bond motifs is 4. The largest absolute Gasteiger partial charge is 0.392 e. The van der Waals surface area contributed by atoms with Crippen LogP contribution >= 0.6 is 0 Å². The van der Waals surface area contributed by atoms with Crippen LogP contribution in [0.25, 0.3) is 0 Å². The van der Waals surface area contributed by atoms with Crippen LogP contribution in [0, 0.1) is 23.2 Å². The molecular formula is C21H28O2. The molecule has 2 heteroatoms. The molecule has 4 atom stereocenters. The molecule has 124 valence electrons. The molecule has 4 aliphatic rings. The molecule has 2 fully saturated rings. The van der Waals surface area contributed by atoms with Crippen molar-refractivity contribution in [2.75, 3.05) is 6.61 Å². The highest BCUT2D eigenvalue weighted by atomic mass is 16.2. The molecule has 0 amide bonds. The lowest BCUT2D eigenvalue weighted by Crippen LogP contribution is -2.37. The van der Waals surface area contributed by atoms with Gasteiger partial charge in [0, 0.05) is 5.92 Å². The zero-order valence-corrected chi connectivity index (χ0v) is 14.2. The fourth-order valence-electron chi connectivity index (χ4n) is 5.93. The summed E-state index contributed by atoms with van der Waals surface area (Å²) >= 11 is 0. The van der Waals surface area contributed by atoms with Crippen molar-refractivity contribution in [1.29, 1.82) is 0 Å². The minimum Gasteiger partial charge on any atom is -0.392 e. The number of rotatable bonds is 2. The van der Waals surface area contributed by atoms with Crippen LogP contribution in [0.1, 0.15) is 58.3 Å². The predicted molar refractivity (Wildman–Crippen MR) is 91.9 cm³/mol. The number of aliphatic hydroxyl groups excluding tert-OH is 1. The first-order valence-corrected chi connectivity index (χ1v) is 9.36. The van der Waals surface area contributed by atoms with Crippen LogP contribution in [-0.4, -0.2) is 17.5 Å². The highest BCUT2D eigenvalue weighted by Gasteiger charge is 2.48. The molecule has 1 N–H and O–H groups in total. The SMILES string of the molecule is C[C@@]12CCC[C@H]1[C@@H]1CCC3=CC(=O)C(C=CCO)CC3=C1CC2. The van der Waals surface area contributed by atoms with Crippen LogP contribution in [0.3, 0.4) is 0 Å². The van der Waals surface area contributed by atoms with E-state index < -0.39 is 0 Å². The smallest absolute Gasteiger partial charge is 0.163 e. The van der Waals surface area contributed by atoms with Crippen molar-refractivity contribution in [2.45, 2.75) is 58.3 Å². The molecule has 0 aromatic carbocycles. The summed E-state index contributed by atoms with van der Waals surface area (Å²) < 4.78 is 0. The maximum Gasteiger partial charge on any atom is 0.163 e. The standard InChI is InChI=1S/C21H28O2/c1-21-9-2-5-19(21)17-7-6-14-13-20(23)15(4-3-11-22)12-18(14)16(17)8-10-21/h3-4,13,15,17,19,22H,2,5-12H2,1H3/t15?,17-,19+,21+/m1/s1. The molecule has 23 heavy (non-hydrogen) atoms. The van der Waals surface area contributed by atoms with Crippen molar-refractivity contribution in [3.63, 3.8) is 0 Å². The monoisotopic (exact) mass is 312 g/mol. The van der Waals surface area contributed by atoms with Gasteiger partial charge in [0.25, 0.3) is 0 Å². The van der Waals surface area contributed by atoms with Gasteiger partial charge in [-0.15, -0.1) is 0 Å². The van der Waals surface area contributed by atoms with E-state index in [0.717, 1.165) is 24.7 Å². The second-order valence-corrected chi connectivity index (χ2v) is 8.30. The molecule has 0 spiro atoms. The summed E-state index contributed by atoms with van der Waals surface area (Å²) in [6.45, 7) is 2.55. The number of hydrogen-bond donors (Lipinski definition) is 1. The fourth-order valence-corrected chi connectivity index (χ4v) is 5.93. The Morgan fingerprint density at radius 1 is 1.30 bits per heavy atom. The zero-order valence-electron chi connectivity index (χ0n) is 14.2. The van der Waals surface area contributed by atoms with Gasteiger partial charge >= 0.3 is 0 Å². The van der Waals surface area contributed by atoms with Gasteiger partial charge in [0.05, 0.1) is 6.61 Å². The normalized spacial score (nSPS) is 40.0. The topological polar surface area (TPSA) is 37.3 Å². The van der Waals surface area contributed by atoms with Gasteiger partial charge in [-0.05, 0) is 79.4 Å². The highest BCUT2D eigenvalue weighted by molar-refractivity contribution is 5.96. The van der Waals surface area contributed by atoms with E-state index in [2.05, 4.69) is 6.92 Å². The summed E-state index contributed by atoms with van der Waals surface area (Å²) in [4.78, 5) is 12.3. The van der Waals surface area contributed by atoms with Crippen molar-refractivity contribution < 1.29 is 9.90 Å². The average molecular weight is 312 g/mol. The molecule has 0 saturated heterocycles. The Morgan fingerprint density at radius 2 is 2.17 bits per heavy atom. The third-order valence-electron chi connectivity index (χ3n) is 7.14. The predicted octanol–water partition coefficient (Wildman–Crippen LogP) is 4.36. The lowest BCUT2D eigenvalue weighted by atomic mass is 9.57. The Kier molecular flexibility index (Phi) is 3.84. The molecule has 2 nitrogen and oxygen atoms in total. The van der Waals surface area contributed by atoms with Gasteiger partial charge in [0.1, 0.15) is 0 Å². The molecule has 2 saturated carbocycles. The van der Waals surface area contributed by atoms with Crippen LogP contribution in [-0.2, 0) is 4.79 Å². The minimum absolute atomic E-state index is 0.0231. The molecule has 0 heterocycles. The third kappa shape index (κ3) is 2.46. The first-order valence-electron chi connectivity index (χ1n) is 9.36. The first kappa shape index (κ1) is 15.4. The number of carbonyl (C=O) groups excluding carboxylic acids is 1. The van der Waals surface area contributed by atoms with Crippen molar-refractivity contribution in [2.24, 2.45) is 23.2 Å². The Hall–Kier alpha value is -1.15. The quantitative estimate of drug-likeness (QED) is 0.769. The van der Waals surface area contributed by atoms with Gasteiger partial charge in [-0.25, -0.2) is 0 Å². The number of aliphatic hydroxyl groups is 1. The molecule has 4 rings (SSSR count). The van der Waals surface area contributed by atoms with Gasteiger partial charge in [0.15, 0.2) is 5.78 Å². The van der Waals surface area contributed by atoms with E-state index in [9.17, 15) is 4.79 Å². The number of allylic oxidation sites excluding steroid dienone is 5. The van der Waals surface area contributed by atoms with E-state index in [1.165, 1.54) is 49.7 Å². The van der Waals surface area contributed by atoms with E-state index >= 15 is 0 Å². The Labute approximate surface area is 139 Å². The zero-order chi connectivity index (χ0) is 16.0. The van der Waals surface area contributed by atoms with E-state index in [1.807, 2.05) is 12.2 Å². The summed E-state index contributed by atoms with van der Waals surface area (Å²) in [5.74, 6) is 1.83. The van der Waals surface area contributed by atoms with Crippen molar-refractivity contribution in [3.05, 3.63) is 34.9 Å². The maximum absolute atomic E-state index is 12.3. The molecule has 0 aromatic heterocycles. The summed E-state index contributed by atoms with van der Waals surface area (Å²) in [7, 11) is 0. The first-order chi connectivity index (χ1) is 11.1. The third-order valence-corrected chi connectivity index (χ3v) is 7.14. The second kappa shape index (κ2) is 5.73.